The van der Waals surface area contributed by atoms with Gasteiger partial charge in [0.2, 0.25) is 11.9 Å². The Morgan fingerprint density at radius 1 is 1.07 bits per heavy atom. The number of aliphatic hydroxyl groups excluding tert-OH is 1. The number of piperidine rings is 1. The van der Waals surface area contributed by atoms with Gasteiger partial charge in [-0.2, -0.15) is 15.0 Å². The highest BCUT2D eigenvalue weighted by molar-refractivity contribution is 5.94. The van der Waals surface area contributed by atoms with E-state index in [1.807, 2.05) is 12.1 Å². The van der Waals surface area contributed by atoms with E-state index >= 15 is 0 Å². The summed E-state index contributed by atoms with van der Waals surface area (Å²) in [7, 11) is 0. The van der Waals surface area contributed by atoms with Crippen LogP contribution in [0.2, 0.25) is 0 Å². The summed E-state index contributed by atoms with van der Waals surface area (Å²) in [5.41, 5.74) is 1.51. The molecule has 2 aromatic rings. The Balaban J connectivity index is 1.64. The monoisotopic (exact) mass is 395 g/mol. The van der Waals surface area contributed by atoms with E-state index in [1.54, 1.807) is 19.1 Å². The topological polar surface area (TPSA) is 91.2 Å². The average Bonchev–Trinajstić information content (AvgIpc) is 3.23. The molecule has 2 N–H and O–H groups in total. The van der Waals surface area contributed by atoms with Gasteiger partial charge in [-0.25, -0.2) is 0 Å². The van der Waals surface area contributed by atoms with Crippen LogP contribution in [0.4, 0.5) is 17.6 Å². The summed E-state index contributed by atoms with van der Waals surface area (Å²) in [6, 6.07) is 7.34. The Morgan fingerprint density at radius 3 is 2.52 bits per heavy atom. The molecular weight excluding hydrogens is 366 g/mol. The second kappa shape index (κ2) is 8.86. The summed E-state index contributed by atoms with van der Waals surface area (Å²) in [6.45, 7) is 3.66. The molecule has 2 heterocycles. The minimum atomic E-state index is 0.0441. The van der Waals surface area contributed by atoms with Crippen LogP contribution in [0, 0.1) is 5.92 Å². The fourth-order valence-electron chi connectivity index (χ4n) is 4.35. The summed E-state index contributed by atoms with van der Waals surface area (Å²) in [6.07, 6.45) is 6.66. The molecule has 154 valence electrons. The van der Waals surface area contributed by atoms with Gasteiger partial charge >= 0.3 is 0 Å². The van der Waals surface area contributed by atoms with E-state index in [1.165, 1.54) is 6.42 Å². The Bertz CT molecular complexity index is 849. The number of Topliss-reactive ketones (excluding diaryl/α,β-unsaturated/α-hetero) is 1. The lowest BCUT2D eigenvalue weighted by Gasteiger charge is -2.28. The zero-order valence-electron chi connectivity index (χ0n) is 17.0. The van der Waals surface area contributed by atoms with E-state index in [-0.39, 0.29) is 24.2 Å². The van der Waals surface area contributed by atoms with E-state index in [2.05, 4.69) is 10.2 Å². The van der Waals surface area contributed by atoms with Gasteiger partial charge in [-0.1, -0.05) is 6.42 Å². The van der Waals surface area contributed by atoms with Crippen molar-refractivity contribution in [3.8, 4) is 0 Å². The van der Waals surface area contributed by atoms with Gasteiger partial charge in [-0.3, -0.25) is 4.79 Å². The predicted octanol–water partition coefficient (Wildman–Crippen LogP) is 3.68. The molecule has 0 radical (unpaired) electrons. The molecule has 29 heavy (non-hydrogen) atoms. The number of aromatic nitrogens is 3. The largest absolute Gasteiger partial charge is 0.396 e. The number of carbonyl (C=O) groups is 1. The third-order valence-electron chi connectivity index (χ3n) is 6.05. The van der Waals surface area contributed by atoms with Crippen LogP contribution in [0.15, 0.2) is 24.3 Å². The maximum absolute atomic E-state index is 11.5. The van der Waals surface area contributed by atoms with Crippen molar-refractivity contribution in [3.05, 3.63) is 35.7 Å². The van der Waals surface area contributed by atoms with Crippen LogP contribution < -0.4 is 10.2 Å². The van der Waals surface area contributed by atoms with Crippen molar-refractivity contribution in [3.63, 3.8) is 0 Å². The summed E-state index contributed by atoms with van der Waals surface area (Å²) < 4.78 is 0. The molecule has 1 aromatic carbocycles. The molecule has 1 aromatic heterocycles. The fourth-order valence-corrected chi connectivity index (χ4v) is 4.35. The number of carbonyl (C=O) groups excluding carboxylic acids is 1. The Labute approximate surface area is 171 Å². The quantitative estimate of drug-likeness (QED) is 0.721. The van der Waals surface area contributed by atoms with Crippen molar-refractivity contribution in [1.29, 1.82) is 0 Å². The highest BCUT2D eigenvalue weighted by Gasteiger charge is 2.31. The Hall–Kier alpha value is -2.54. The van der Waals surface area contributed by atoms with E-state index in [0.29, 0.717) is 11.5 Å². The minimum absolute atomic E-state index is 0.0441. The standard InChI is InChI=1S/C22H29N5O2/c1-15(29)16-8-10-18(11-9-16)23-21-24-20(19-7-5-6-17(19)14-28)25-22(26-21)27-12-3-2-4-13-27/h8-11,17,19,28H,2-7,12-14H2,1H3,(H,23,24,25,26)/t17-,19?/m0/s1. The lowest BCUT2D eigenvalue weighted by molar-refractivity contribution is 0.101. The van der Waals surface area contributed by atoms with Gasteiger partial charge in [-0.05, 0) is 69.2 Å². The number of aliphatic hydroxyl groups is 1. The van der Waals surface area contributed by atoms with Crippen molar-refractivity contribution >= 4 is 23.4 Å². The molecule has 1 aliphatic carbocycles. The van der Waals surface area contributed by atoms with E-state index < -0.39 is 0 Å². The molecule has 1 saturated carbocycles. The minimum Gasteiger partial charge on any atom is -0.396 e. The van der Waals surface area contributed by atoms with Gasteiger partial charge in [0.25, 0.3) is 0 Å². The van der Waals surface area contributed by atoms with Crippen molar-refractivity contribution in [2.45, 2.75) is 51.4 Å². The lowest BCUT2D eigenvalue weighted by Crippen LogP contribution is -2.32. The zero-order chi connectivity index (χ0) is 20.2. The number of ketones is 1. The van der Waals surface area contributed by atoms with E-state index in [0.717, 1.165) is 62.7 Å². The number of benzene rings is 1. The second-order valence-electron chi connectivity index (χ2n) is 8.10. The van der Waals surface area contributed by atoms with Crippen LogP contribution in [-0.2, 0) is 0 Å². The summed E-state index contributed by atoms with van der Waals surface area (Å²) >= 11 is 0. The predicted molar refractivity (Wildman–Crippen MR) is 113 cm³/mol. The molecule has 2 atom stereocenters. The maximum atomic E-state index is 11.5. The van der Waals surface area contributed by atoms with Crippen LogP contribution in [0.25, 0.3) is 0 Å². The van der Waals surface area contributed by atoms with Crippen LogP contribution in [-0.4, -0.2) is 45.5 Å². The first-order chi connectivity index (χ1) is 14.1. The highest BCUT2D eigenvalue weighted by Crippen LogP contribution is 2.38. The number of hydrogen-bond donors (Lipinski definition) is 2. The summed E-state index contributed by atoms with van der Waals surface area (Å²) in [5.74, 6) is 2.46. The zero-order valence-corrected chi connectivity index (χ0v) is 17.0. The van der Waals surface area contributed by atoms with Crippen molar-refractivity contribution in [2.75, 3.05) is 29.9 Å². The number of hydrogen-bond acceptors (Lipinski definition) is 7. The number of nitrogens with one attached hydrogen (secondary N) is 1. The van der Waals surface area contributed by atoms with Crippen molar-refractivity contribution in [1.82, 2.24) is 15.0 Å². The first kappa shape index (κ1) is 19.8. The Kier molecular flexibility index (Phi) is 6.04. The molecule has 0 spiro atoms. The molecule has 4 rings (SSSR count). The number of rotatable bonds is 6. The Morgan fingerprint density at radius 2 is 1.83 bits per heavy atom. The number of nitrogens with zero attached hydrogens (tertiary/aromatic N) is 4. The molecule has 0 amide bonds. The van der Waals surface area contributed by atoms with Crippen LogP contribution in [0.5, 0.6) is 0 Å². The van der Waals surface area contributed by atoms with Crippen molar-refractivity contribution < 1.29 is 9.90 Å². The smallest absolute Gasteiger partial charge is 0.232 e. The molecule has 1 aliphatic heterocycles. The van der Waals surface area contributed by atoms with Gasteiger partial charge in [0, 0.05) is 36.9 Å². The number of anilines is 3. The second-order valence-corrected chi connectivity index (χ2v) is 8.10. The van der Waals surface area contributed by atoms with Gasteiger partial charge in [0.15, 0.2) is 5.78 Å². The van der Waals surface area contributed by atoms with Crippen LogP contribution in [0.1, 0.15) is 67.5 Å². The molecule has 7 heteroatoms. The summed E-state index contributed by atoms with van der Waals surface area (Å²) in [4.78, 5) is 28.0. The molecule has 1 unspecified atom stereocenters. The molecule has 0 bridgehead atoms. The molecular formula is C22H29N5O2. The third-order valence-corrected chi connectivity index (χ3v) is 6.05. The van der Waals surface area contributed by atoms with Gasteiger partial charge in [0.05, 0.1) is 0 Å². The van der Waals surface area contributed by atoms with Gasteiger partial charge in [-0.15, -0.1) is 0 Å². The van der Waals surface area contributed by atoms with Crippen molar-refractivity contribution in [2.24, 2.45) is 5.92 Å². The van der Waals surface area contributed by atoms with Crippen LogP contribution >= 0.6 is 0 Å². The third kappa shape index (κ3) is 4.56. The first-order valence-corrected chi connectivity index (χ1v) is 10.6. The average molecular weight is 396 g/mol. The fraction of sp³-hybridized carbons (Fsp3) is 0.545. The SMILES string of the molecule is CC(=O)c1ccc(Nc2nc(C3CCC[C@H]3CO)nc(N3CCCCC3)n2)cc1. The maximum Gasteiger partial charge on any atom is 0.232 e. The summed E-state index contributed by atoms with van der Waals surface area (Å²) in [5, 5.41) is 13.0. The van der Waals surface area contributed by atoms with Gasteiger partial charge < -0.3 is 15.3 Å². The normalized spacial score (nSPS) is 21.9. The first-order valence-electron chi connectivity index (χ1n) is 10.6. The van der Waals surface area contributed by atoms with E-state index in [9.17, 15) is 9.90 Å². The van der Waals surface area contributed by atoms with Crippen LogP contribution in [0.3, 0.4) is 0 Å². The molecule has 7 nitrogen and oxygen atoms in total. The lowest BCUT2D eigenvalue weighted by atomic mass is 9.96. The van der Waals surface area contributed by atoms with E-state index in [4.69, 9.17) is 15.0 Å². The molecule has 1 saturated heterocycles. The highest BCUT2D eigenvalue weighted by atomic mass is 16.3. The molecule has 2 aliphatic rings. The molecule has 2 fully saturated rings. The van der Waals surface area contributed by atoms with Gasteiger partial charge in [0.1, 0.15) is 5.82 Å².